The Kier molecular flexibility index (Phi) is 6.52. The van der Waals surface area contributed by atoms with E-state index in [0.29, 0.717) is 18.6 Å². The second-order valence-corrected chi connectivity index (χ2v) is 6.14. The summed E-state index contributed by atoms with van der Waals surface area (Å²) < 4.78 is 0. The zero-order valence-corrected chi connectivity index (χ0v) is 13.5. The molecule has 1 aromatic rings. The number of hydrogen-bond donors (Lipinski definition) is 2. The van der Waals surface area contributed by atoms with E-state index in [1.807, 2.05) is 0 Å². The van der Waals surface area contributed by atoms with Crippen molar-refractivity contribution in [3.63, 3.8) is 0 Å². The highest BCUT2D eigenvalue weighted by Gasteiger charge is 2.19. The van der Waals surface area contributed by atoms with Crippen molar-refractivity contribution in [3.8, 4) is 0 Å². The van der Waals surface area contributed by atoms with Gasteiger partial charge in [0.2, 0.25) is 0 Å². The summed E-state index contributed by atoms with van der Waals surface area (Å²) in [6, 6.07) is 9.46. The van der Waals surface area contributed by atoms with Gasteiger partial charge in [0.25, 0.3) is 0 Å². The van der Waals surface area contributed by atoms with Gasteiger partial charge in [-0.1, -0.05) is 26.0 Å². The highest BCUT2D eigenvalue weighted by Crippen LogP contribution is 2.25. The average molecular weight is 290 g/mol. The molecule has 0 amide bonds. The van der Waals surface area contributed by atoms with Crippen molar-refractivity contribution in [1.29, 1.82) is 0 Å². The molecule has 2 rings (SSSR count). The van der Waals surface area contributed by atoms with Crippen molar-refractivity contribution in [3.05, 3.63) is 29.8 Å². The summed E-state index contributed by atoms with van der Waals surface area (Å²) in [6.45, 7) is 7.93. The molecule has 3 heteroatoms. The molecule has 0 bridgehead atoms. The number of nitrogens with one attached hydrogen (secondary N) is 1. The van der Waals surface area contributed by atoms with Gasteiger partial charge in [0.05, 0.1) is 0 Å². The third-order valence-electron chi connectivity index (χ3n) is 4.49. The number of nitrogens with zero attached hydrogens (tertiary/aromatic N) is 1. The van der Waals surface area contributed by atoms with Crippen LogP contribution in [-0.2, 0) is 0 Å². The van der Waals surface area contributed by atoms with Crippen molar-refractivity contribution in [1.82, 2.24) is 5.32 Å². The van der Waals surface area contributed by atoms with Crippen LogP contribution in [-0.4, -0.2) is 31.3 Å². The van der Waals surface area contributed by atoms with E-state index >= 15 is 0 Å². The van der Waals surface area contributed by atoms with Gasteiger partial charge in [-0.15, -0.1) is 0 Å². The van der Waals surface area contributed by atoms with Gasteiger partial charge < -0.3 is 15.3 Å². The maximum atomic E-state index is 9.35. The van der Waals surface area contributed by atoms with E-state index in [1.165, 1.54) is 24.1 Å². The molecule has 2 unspecified atom stereocenters. The first-order valence-corrected chi connectivity index (χ1v) is 8.47. The van der Waals surface area contributed by atoms with Gasteiger partial charge in [-0.2, -0.15) is 0 Å². The van der Waals surface area contributed by atoms with Crippen LogP contribution in [0.25, 0.3) is 0 Å². The summed E-state index contributed by atoms with van der Waals surface area (Å²) in [5.41, 5.74) is 2.67. The molecular formula is C18H30N2O. The Morgan fingerprint density at radius 3 is 2.67 bits per heavy atom. The molecule has 1 saturated heterocycles. The van der Waals surface area contributed by atoms with Gasteiger partial charge in [0, 0.05) is 31.4 Å². The molecule has 0 radical (unpaired) electrons. The van der Waals surface area contributed by atoms with Crippen LogP contribution in [0.4, 0.5) is 5.69 Å². The van der Waals surface area contributed by atoms with Gasteiger partial charge >= 0.3 is 0 Å². The maximum absolute atomic E-state index is 9.35. The van der Waals surface area contributed by atoms with Gasteiger partial charge in [0.1, 0.15) is 0 Å². The molecule has 2 atom stereocenters. The monoisotopic (exact) mass is 290 g/mol. The van der Waals surface area contributed by atoms with E-state index in [1.54, 1.807) is 0 Å². The van der Waals surface area contributed by atoms with Gasteiger partial charge in [0.15, 0.2) is 0 Å². The third-order valence-corrected chi connectivity index (χ3v) is 4.49. The van der Waals surface area contributed by atoms with Crippen molar-refractivity contribution in [2.45, 2.75) is 45.6 Å². The maximum Gasteiger partial charge on any atom is 0.0476 e. The van der Waals surface area contributed by atoms with E-state index in [9.17, 15) is 5.11 Å². The van der Waals surface area contributed by atoms with Crippen LogP contribution in [0.15, 0.2) is 24.3 Å². The second kappa shape index (κ2) is 8.40. The lowest BCUT2D eigenvalue weighted by Gasteiger charge is -2.33. The fourth-order valence-corrected chi connectivity index (χ4v) is 3.18. The Labute approximate surface area is 129 Å². The third kappa shape index (κ3) is 4.45. The lowest BCUT2D eigenvalue weighted by molar-refractivity contribution is 0.209. The summed E-state index contributed by atoms with van der Waals surface area (Å²) >= 11 is 0. The molecule has 2 N–H and O–H groups in total. The molecule has 118 valence electrons. The molecule has 21 heavy (non-hydrogen) atoms. The fourth-order valence-electron chi connectivity index (χ4n) is 3.18. The molecule has 0 spiro atoms. The Hall–Kier alpha value is -1.06. The molecule has 1 heterocycles. The van der Waals surface area contributed by atoms with Crippen molar-refractivity contribution < 1.29 is 5.11 Å². The van der Waals surface area contributed by atoms with E-state index < -0.39 is 0 Å². The molecule has 1 fully saturated rings. The minimum Gasteiger partial charge on any atom is -0.396 e. The first-order chi connectivity index (χ1) is 10.3. The number of benzene rings is 1. The minimum atomic E-state index is 0.313. The highest BCUT2D eigenvalue weighted by molar-refractivity contribution is 5.48. The molecule has 1 aromatic carbocycles. The molecule has 1 aliphatic heterocycles. The van der Waals surface area contributed by atoms with Crippen molar-refractivity contribution in [2.75, 3.05) is 31.1 Å². The quantitative estimate of drug-likeness (QED) is 0.808. The Morgan fingerprint density at radius 2 is 2.05 bits per heavy atom. The van der Waals surface area contributed by atoms with Crippen molar-refractivity contribution >= 4 is 5.69 Å². The summed E-state index contributed by atoms with van der Waals surface area (Å²) in [4.78, 5) is 2.41. The van der Waals surface area contributed by atoms with E-state index in [4.69, 9.17) is 0 Å². The number of aliphatic hydroxyl groups excluding tert-OH is 1. The molecule has 0 saturated carbocycles. The zero-order valence-electron chi connectivity index (χ0n) is 13.5. The van der Waals surface area contributed by atoms with Gasteiger partial charge in [-0.25, -0.2) is 0 Å². The van der Waals surface area contributed by atoms with Crippen molar-refractivity contribution in [2.24, 2.45) is 5.92 Å². The Bertz CT molecular complexity index is 404. The highest BCUT2D eigenvalue weighted by atomic mass is 16.3. The van der Waals surface area contributed by atoms with Crippen LogP contribution >= 0.6 is 0 Å². The van der Waals surface area contributed by atoms with Crippen LogP contribution < -0.4 is 10.2 Å². The Balaban J connectivity index is 2.00. The topological polar surface area (TPSA) is 35.5 Å². The predicted molar refractivity (Wildman–Crippen MR) is 89.8 cm³/mol. The summed E-state index contributed by atoms with van der Waals surface area (Å²) in [5.74, 6) is 0.438. The number of aliphatic hydroxyl groups is 1. The predicted octanol–water partition coefficient (Wildman–Crippen LogP) is 3.35. The summed E-state index contributed by atoms with van der Waals surface area (Å²) in [6.07, 6.45) is 4.63. The van der Waals surface area contributed by atoms with Crippen LogP contribution in [0.3, 0.4) is 0 Å². The van der Waals surface area contributed by atoms with Crippen LogP contribution in [0.5, 0.6) is 0 Å². The lowest BCUT2D eigenvalue weighted by atomic mass is 9.98. The number of hydrogen-bond acceptors (Lipinski definition) is 3. The summed E-state index contributed by atoms with van der Waals surface area (Å²) in [5, 5.41) is 13.0. The SMILES string of the molecule is CCCNC(CC)c1ccc(N2CCCC(CO)C2)cc1. The van der Waals surface area contributed by atoms with Gasteiger partial charge in [-0.3, -0.25) is 0 Å². The van der Waals surface area contributed by atoms with Crippen LogP contribution in [0.2, 0.25) is 0 Å². The van der Waals surface area contributed by atoms with Crippen LogP contribution in [0.1, 0.15) is 51.1 Å². The summed E-state index contributed by atoms with van der Waals surface area (Å²) in [7, 11) is 0. The average Bonchev–Trinajstić information content (AvgIpc) is 2.56. The van der Waals surface area contributed by atoms with E-state index in [0.717, 1.165) is 32.5 Å². The first kappa shape index (κ1) is 16.3. The number of rotatable bonds is 7. The molecule has 0 aliphatic carbocycles. The normalized spacial score (nSPS) is 20.5. The van der Waals surface area contributed by atoms with E-state index in [-0.39, 0.29) is 0 Å². The Morgan fingerprint density at radius 1 is 1.29 bits per heavy atom. The molecule has 1 aliphatic rings. The number of anilines is 1. The zero-order chi connectivity index (χ0) is 15.1. The lowest BCUT2D eigenvalue weighted by Crippen LogP contribution is -2.36. The first-order valence-electron chi connectivity index (χ1n) is 8.47. The fraction of sp³-hybridized carbons (Fsp3) is 0.667. The van der Waals surface area contributed by atoms with E-state index in [2.05, 4.69) is 48.3 Å². The van der Waals surface area contributed by atoms with Gasteiger partial charge in [-0.05, 0) is 55.8 Å². The molecule has 0 aromatic heterocycles. The number of piperidine rings is 1. The largest absolute Gasteiger partial charge is 0.396 e. The second-order valence-electron chi connectivity index (χ2n) is 6.14. The molecular weight excluding hydrogens is 260 g/mol. The standard InChI is InChI=1S/C18H30N2O/c1-3-11-19-18(4-2)16-7-9-17(10-8-16)20-12-5-6-15(13-20)14-21/h7-10,15,18-19,21H,3-6,11-14H2,1-2H3. The smallest absolute Gasteiger partial charge is 0.0476 e. The molecule has 3 nitrogen and oxygen atoms in total. The van der Waals surface area contributed by atoms with Crippen LogP contribution in [0, 0.1) is 5.92 Å². The minimum absolute atomic E-state index is 0.313.